The van der Waals surface area contributed by atoms with E-state index in [-0.39, 0.29) is 23.8 Å². The van der Waals surface area contributed by atoms with Gasteiger partial charge in [0.1, 0.15) is 0 Å². The van der Waals surface area contributed by atoms with E-state index in [1.54, 1.807) is 0 Å². The quantitative estimate of drug-likeness (QED) is 0.805. The number of hydrogen-bond acceptors (Lipinski definition) is 2. The third-order valence-corrected chi connectivity index (χ3v) is 2.62. The summed E-state index contributed by atoms with van der Waals surface area (Å²) in [5.41, 5.74) is 5.72. The summed E-state index contributed by atoms with van der Waals surface area (Å²) in [5.74, 6) is -2.18. The van der Waals surface area contributed by atoms with Crippen LogP contribution >= 0.6 is 0 Å². The molecule has 2 N–H and O–H groups in total. The van der Waals surface area contributed by atoms with Gasteiger partial charge in [-0.25, -0.2) is 8.78 Å². The average molecular weight is 241 g/mol. The molecule has 1 aromatic rings. The van der Waals surface area contributed by atoms with Crippen LogP contribution < -0.4 is 5.73 Å². The van der Waals surface area contributed by atoms with Gasteiger partial charge in [-0.1, -0.05) is 13.8 Å². The van der Waals surface area contributed by atoms with E-state index in [1.807, 2.05) is 13.8 Å². The molecular formula is C13H17F2NO. The Morgan fingerprint density at radius 2 is 1.94 bits per heavy atom. The van der Waals surface area contributed by atoms with Crippen LogP contribution in [0.4, 0.5) is 8.78 Å². The van der Waals surface area contributed by atoms with Gasteiger partial charge in [0.15, 0.2) is 17.4 Å². The Morgan fingerprint density at radius 3 is 2.41 bits per heavy atom. The molecule has 2 nitrogen and oxygen atoms in total. The molecule has 94 valence electrons. The molecule has 0 saturated heterocycles. The van der Waals surface area contributed by atoms with Crippen LogP contribution in [-0.2, 0) is 0 Å². The molecule has 0 heterocycles. The highest BCUT2D eigenvalue weighted by atomic mass is 19.2. The maximum atomic E-state index is 13.0. The van der Waals surface area contributed by atoms with Crippen LogP contribution in [0.2, 0.25) is 0 Å². The molecule has 0 saturated carbocycles. The Balaban J connectivity index is 2.90. The molecule has 0 radical (unpaired) electrons. The van der Waals surface area contributed by atoms with Gasteiger partial charge in [-0.2, -0.15) is 0 Å². The van der Waals surface area contributed by atoms with Crippen molar-refractivity contribution in [2.75, 3.05) is 6.54 Å². The molecule has 1 rings (SSSR count). The largest absolute Gasteiger partial charge is 0.330 e. The van der Waals surface area contributed by atoms with Gasteiger partial charge in [-0.3, -0.25) is 4.79 Å². The van der Waals surface area contributed by atoms with Crippen LogP contribution in [-0.4, -0.2) is 12.3 Å². The van der Waals surface area contributed by atoms with Gasteiger partial charge >= 0.3 is 0 Å². The summed E-state index contributed by atoms with van der Waals surface area (Å²) < 4.78 is 25.8. The molecule has 0 fully saturated rings. The van der Waals surface area contributed by atoms with Crippen molar-refractivity contribution in [1.82, 2.24) is 0 Å². The van der Waals surface area contributed by atoms with Gasteiger partial charge in [0.2, 0.25) is 0 Å². The number of hydrogen-bond donors (Lipinski definition) is 1. The van der Waals surface area contributed by atoms with Crippen LogP contribution in [0.3, 0.4) is 0 Å². The number of ketones is 1. The first-order valence-corrected chi connectivity index (χ1v) is 5.65. The van der Waals surface area contributed by atoms with E-state index in [9.17, 15) is 13.6 Å². The second-order valence-electron chi connectivity index (χ2n) is 4.56. The van der Waals surface area contributed by atoms with Crippen molar-refractivity contribution >= 4 is 5.78 Å². The Bertz CT molecular complexity index is 404. The maximum absolute atomic E-state index is 13.0. The molecule has 0 aliphatic rings. The van der Waals surface area contributed by atoms with Crippen LogP contribution in [0.5, 0.6) is 0 Å². The fourth-order valence-electron chi connectivity index (χ4n) is 1.76. The van der Waals surface area contributed by atoms with Gasteiger partial charge in [-0.05, 0) is 30.5 Å². The first-order valence-electron chi connectivity index (χ1n) is 5.65. The van der Waals surface area contributed by atoms with Crippen molar-refractivity contribution in [3.63, 3.8) is 0 Å². The Hall–Kier alpha value is -1.29. The SMILES string of the molecule is CC(C)CC(CN)C(=O)c1ccc(F)c(F)c1. The van der Waals surface area contributed by atoms with Crippen molar-refractivity contribution in [1.29, 1.82) is 0 Å². The van der Waals surface area contributed by atoms with Crippen molar-refractivity contribution in [2.24, 2.45) is 17.6 Å². The predicted octanol–water partition coefficient (Wildman–Crippen LogP) is 2.77. The van der Waals surface area contributed by atoms with E-state index in [2.05, 4.69) is 0 Å². The van der Waals surface area contributed by atoms with E-state index in [4.69, 9.17) is 5.73 Å². The van der Waals surface area contributed by atoms with Crippen molar-refractivity contribution in [3.8, 4) is 0 Å². The fourth-order valence-corrected chi connectivity index (χ4v) is 1.76. The average Bonchev–Trinajstić information content (AvgIpc) is 2.28. The minimum atomic E-state index is -1.00. The number of carbonyl (C=O) groups is 1. The van der Waals surface area contributed by atoms with E-state index in [0.717, 1.165) is 12.1 Å². The number of halogens is 2. The molecule has 0 spiro atoms. The topological polar surface area (TPSA) is 43.1 Å². The standard InChI is InChI=1S/C13H17F2NO/c1-8(2)5-10(7-16)13(17)9-3-4-11(14)12(15)6-9/h3-4,6,8,10H,5,7,16H2,1-2H3. The molecule has 0 aliphatic heterocycles. The maximum Gasteiger partial charge on any atom is 0.167 e. The summed E-state index contributed by atoms with van der Waals surface area (Å²) in [6.07, 6.45) is 0.647. The highest BCUT2D eigenvalue weighted by Crippen LogP contribution is 2.18. The Labute approximate surface area is 99.8 Å². The highest BCUT2D eigenvalue weighted by Gasteiger charge is 2.20. The Morgan fingerprint density at radius 1 is 1.29 bits per heavy atom. The number of Topliss-reactive ketones (excluding diaryl/α,β-unsaturated/α-hetero) is 1. The number of benzene rings is 1. The van der Waals surface area contributed by atoms with Gasteiger partial charge in [0, 0.05) is 18.0 Å². The van der Waals surface area contributed by atoms with E-state index in [1.165, 1.54) is 6.07 Å². The number of nitrogens with two attached hydrogens (primary N) is 1. The lowest BCUT2D eigenvalue weighted by Crippen LogP contribution is -2.25. The summed E-state index contributed by atoms with van der Waals surface area (Å²) in [5, 5.41) is 0. The predicted molar refractivity (Wildman–Crippen MR) is 62.7 cm³/mol. The zero-order valence-electron chi connectivity index (χ0n) is 10.0. The fraction of sp³-hybridized carbons (Fsp3) is 0.462. The first-order chi connectivity index (χ1) is 7.95. The van der Waals surface area contributed by atoms with Crippen molar-refractivity contribution < 1.29 is 13.6 Å². The lowest BCUT2D eigenvalue weighted by molar-refractivity contribution is 0.0908. The second kappa shape index (κ2) is 5.87. The molecule has 0 bridgehead atoms. The van der Waals surface area contributed by atoms with E-state index < -0.39 is 11.6 Å². The first kappa shape index (κ1) is 13.8. The monoisotopic (exact) mass is 241 g/mol. The molecule has 0 amide bonds. The molecule has 0 aromatic heterocycles. The smallest absolute Gasteiger partial charge is 0.167 e. The summed E-state index contributed by atoms with van der Waals surface area (Å²) in [7, 11) is 0. The molecule has 4 heteroatoms. The molecule has 0 aliphatic carbocycles. The minimum Gasteiger partial charge on any atom is -0.330 e. The summed E-state index contributed by atoms with van der Waals surface area (Å²) in [6, 6.07) is 3.19. The van der Waals surface area contributed by atoms with Gasteiger partial charge in [-0.15, -0.1) is 0 Å². The Kier molecular flexibility index (Phi) is 4.75. The second-order valence-corrected chi connectivity index (χ2v) is 4.56. The van der Waals surface area contributed by atoms with Gasteiger partial charge < -0.3 is 5.73 Å². The van der Waals surface area contributed by atoms with Crippen LogP contribution in [0.25, 0.3) is 0 Å². The van der Waals surface area contributed by atoms with Crippen LogP contribution in [0.15, 0.2) is 18.2 Å². The zero-order chi connectivity index (χ0) is 13.0. The lowest BCUT2D eigenvalue weighted by atomic mass is 9.90. The summed E-state index contributed by atoms with van der Waals surface area (Å²) in [4.78, 5) is 12.0. The van der Waals surface area contributed by atoms with Gasteiger partial charge in [0.05, 0.1) is 0 Å². The van der Waals surface area contributed by atoms with Crippen molar-refractivity contribution in [2.45, 2.75) is 20.3 Å². The third kappa shape index (κ3) is 3.60. The third-order valence-electron chi connectivity index (χ3n) is 2.62. The van der Waals surface area contributed by atoms with E-state index >= 15 is 0 Å². The molecular weight excluding hydrogens is 224 g/mol. The molecule has 1 aromatic carbocycles. The minimum absolute atomic E-state index is 0.181. The molecule has 17 heavy (non-hydrogen) atoms. The number of rotatable bonds is 5. The lowest BCUT2D eigenvalue weighted by Gasteiger charge is -2.15. The van der Waals surface area contributed by atoms with Crippen LogP contribution in [0, 0.1) is 23.5 Å². The van der Waals surface area contributed by atoms with Crippen LogP contribution in [0.1, 0.15) is 30.6 Å². The zero-order valence-corrected chi connectivity index (χ0v) is 10.0. The number of carbonyl (C=O) groups excluding carboxylic acids is 1. The summed E-state index contributed by atoms with van der Waals surface area (Å²) >= 11 is 0. The molecule has 1 atom stereocenters. The molecule has 1 unspecified atom stereocenters. The summed E-state index contributed by atoms with van der Waals surface area (Å²) in [6.45, 7) is 4.19. The highest BCUT2D eigenvalue weighted by molar-refractivity contribution is 5.98. The van der Waals surface area contributed by atoms with Gasteiger partial charge in [0.25, 0.3) is 0 Å². The normalized spacial score (nSPS) is 12.8. The van der Waals surface area contributed by atoms with E-state index in [0.29, 0.717) is 12.3 Å². The van der Waals surface area contributed by atoms with Crippen molar-refractivity contribution in [3.05, 3.63) is 35.4 Å².